The van der Waals surface area contributed by atoms with Crippen molar-refractivity contribution in [1.29, 1.82) is 0 Å². The summed E-state index contributed by atoms with van der Waals surface area (Å²) >= 11 is 0. The second kappa shape index (κ2) is 9.97. The topological polar surface area (TPSA) is 105 Å². The molecule has 2 aromatic heterocycles. The maximum absolute atomic E-state index is 13.0. The van der Waals surface area contributed by atoms with Crippen LogP contribution < -0.4 is 20.9 Å². The lowest BCUT2D eigenvalue weighted by Crippen LogP contribution is -2.30. The summed E-state index contributed by atoms with van der Waals surface area (Å²) in [6.45, 7) is 4.10. The van der Waals surface area contributed by atoms with E-state index in [9.17, 15) is 14.4 Å². The molecule has 2 aromatic carbocycles. The molecule has 1 aliphatic rings. The molecule has 0 spiro atoms. The molecule has 3 N–H and O–H groups in total. The zero-order valence-electron chi connectivity index (χ0n) is 21.1. The molecule has 2 heterocycles. The van der Waals surface area contributed by atoms with Crippen LogP contribution in [-0.2, 0) is 13.6 Å². The molecule has 1 fully saturated rings. The molecular weight excluding hydrogens is 468 g/mol. The zero-order valence-corrected chi connectivity index (χ0v) is 21.1. The van der Waals surface area contributed by atoms with Crippen LogP contribution in [0.1, 0.15) is 53.1 Å². The van der Waals surface area contributed by atoms with Gasteiger partial charge in [0.1, 0.15) is 17.0 Å². The van der Waals surface area contributed by atoms with Gasteiger partial charge in [0.2, 0.25) is 0 Å². The lowest BCUT2D eigenvalue weighted by molar-refractivity contribution is 0.0935. The number of aryl methyl sites for hydroxylation is 1. The monoisotopic (exact) mass is 498 g/mol. The zero-order chi connectivity index (χ0) is 26.1. The Balaban J connectivity index is 1.38. The third-order valence-electron chi connectivity index (χ3n) is 6.29. The average molecular weight is 499 g/mol. The lowest BCUT2D eigenvalue weighted by atomic mass is 10.0. The number of hydrogen-bond donors (Lipinski definition) is 3. The Morgan fingerprint density at radius 3 is 2.49 bits per heavy atom. The number of para-hydroxylation sites is 1. The molecule has 1 aliphatic carbocycles. The molecule has 37 heavy (non-hydrogen) atoms. The number of aromatic nitrogens is 2. The number of ether oxygens (including phenoxy) is 1. The van der Waals surface area contributed by atoms with E-state index < -0.39 is 0 Å². The number of pyridine rings is 1. The summed E-state index contributed by atoms with van der Waals surface area (Å²) in [6, 6.07) is 16.6. The van der Waals surface area contributed by atoms with Crippen LogP contribution in [0.2, 0.25) is 0 Å². The Kier molecular flexibility index (Phi) is 6.56. The fraction of sp³-hybridized carbons (Fsp3) is 0.276. The van der Waals surface area contributed by atoms with E-state index in [1.54, 1.807) is 31.4 Å². The van der Waals surface area contributed by atoms with Gasteiger partial charge in [-0.3, -0.25) is 14.4 Å². The number of benzene rings is 2. The summed E-state index contributed by atoms with van der Waals surface area (Å²) in [5.41, 5.74) is 3.57. The first kappa shape index (κ1) is 24.4. The van der Waals surface area contributed by atoms with Gasteiger partial charge in [-0.15, -0.1) is 0 Å². The number of carbonyl (C=O) groups is 2. The van der Waals surface area contributed by atoms with E-state index in [1.807, 2.05) is 50.2 Å². The molecular formula is C29H30N4O4. The molecule has 5 rings (SSSR count). The van der Waals surface area contributed by atoms with E-state index in [-0.39, 0.29) is 36.1 Å². The number of nitrogens with zero attached hydrogens (tertiary/aromatic N) is 1. The molecule has 0 unspecified atom stereocenters. The highest BCUT2D eigenvalue weighted by atomic mass is 16.5. The van der Waals surface area contributed by atoms with Gasteiger partial charge in [0.15, 0.2) is 0 Å². The van der Waals surface area contributed by atoms with Crippen molar-refractivity contribution in [3.05, 3.63) is 88.0 Å². The van der Waals surface area contributed by atoms with Crippen molar-refractivity contribution in [2.75, 3.05) is 0 Å². The van der Waals surface area contributed by atoms with Gasteiger partial charge in [0.25, 0.3) is 17.4 Å². The molecule has 1 saturated carbocycles. The van der Waals surface area contributed by atoms with Crippen molar-refractivity contribution in [2.24, 2.45) is 7.05 Å². The molecule has 8 nitrogen and oxygen atoms in total. The number of fused-ring (bicyclic) bond motifs is 1. The minimum atomic E-state index is -0.326. The normalized spacial score (nSPS) is 13.1. The smallest absolute Gasteiger partial charge is 0.274 e. The highest BCUT2D eigenvalue weighted by molar-refractivity contribution is 6.03. The fourth-order valence-corrected chi connectivity index (χ4v) is 4.23. The Bertz CT molecular complexity index is 1530. The van der Waals surface area contributed by atoms with Gasteiger partial charge in [-0.25, -0.2) is 0 Å². The lowest BCUT2D eigenvalue weighted by Gasteiger charge is -2.12. The number of H-pyrrole nitrogens is 1. The molecule has 0 bridgehead atoms. The number of amides is 2. The summed E-state index contributed by atoms with van der Waals surface area (Å²) in [6.07, 6.45) is 4.10. The summed E-state index contributed by atoms with van der Waals surface area (Å²) < 4.78 is 7.63. The summed E-state index contributed by atoms with van der Waals surface area (Å²) in [5.74, 6) is 0.307. The van der Waals surface area contributed by atoms with E-state index in [2.05, 4.69) is 15.6 Å². The number of rotatable bonds is 8. The van der Waals surface area contributed by atoms with Crippen LogP contribution >= 0.6 is 0 Å². The summed E-state index contributed by atoms with van der Waals surface area (Å²) in [5, 5.41) is 6.41. The molecule has 190 valence electrons. The van der Waals surface area contributed by atoms with Crippen molar-refractivity contribution in [3.63, 3.8) is 0 Å². The molecule has 4 aromatic rings. The Hall–Kier alpha value is -4.33. The van der Waals surface area contributed by atoms with Gasteiger partial charge in [-0.1, -0.05) is 30.3 Å². The predicted octanol–water partition coefficient (Wildman–Crippen LogP) is 4.14. The number of carbonyl (C=O) groups excluding carboxylic acids is 2. The highest BCUT2D eigenvalue weighted by Crippen LogP contribution is 2.37. The predicted molar refractivity (Wildman–Crippen MR) is 143 cm³/mol. The molecule has 0 aliphatic heterocycles. The first-order chi connectivity index (χ1) is 17.8. The fourth-order valence-electron chi connectivity index (χ4n) is 4.23. The number of nitrogens with one attached hydrogen (secondary N) is 3. The Morgan fingerprint density at radius 1 is 1.05 bits per heavy atom. The van der Waals surface area contributed by atoms with E-state index in [4.69, 9.17) is 4.74 Å². The van der Waals surface area contributed by atoms with Crippen LogP contribution in [0.4, 0.5) is 0 Å². The van der Waals surface area contributed by atoms with Gasteiger partial charge in [-0.2, -0.15) is 0 Å². The largest absolute Gasteiger partial charge is 0.490 e. The first-order valence-electron chi connectivity index (χ1n) is 12.5. The van der Waals surface area contributed by atoms with E-state index in [0.717, 1.165) is 35.3 Å². The Morgan fingerprint density at radius 2 is 1.78 bits per heavy atom. The van der Waals surface area contributed by atoms with Gasteiger partial charge >= 0.3 is 0 Å². The van der Waals surface area contributed by atoms with Crippen LogP contribution in [0.15, 0.2) is 65.6 Å². The van der Waals surface area contributed by atoms with Gasteiger partial charge in [0, 0.05) is 47.9 Å². The van der Waals surface area contributed by atoms with Crippen molar-refractivity contribution >= 4 is 22.7 Å². The quantitative estimate of drug-likeness (QED) is 0.340. The second-order valence-electron chi connectivity index (χ2n) is 9.75. The summed E-state index contributed by atoms with van der Waals surface area (Å²) in [4.78, 5) is 41.1. The first-order valence-corrected chi connectivity index (χ1v) is 12.5. The van der Waals surface area contributed by atoms with Crippen molar-refractivity contribution in [1.82, 2.24) is 20.2 Å². The van der Waals surface area contributed by atoms with Crippen molar-refractivity contribution < 1.29 is 14.3 Å². The van der Waals surface area contributed by atoms with E-state index in [0.29, 0.717) is 22.2 Å². The molecule has 0 atom stereocenters. The summed E-state index contributed by atoms with van der Waals surface area (Å²) in [7, 11) is 1.70. The van der Waals surface area contributed by atoms with Gasteiger partial charge < -0.3 is 24.9 Å². The van der Waals surface area contributed by atoms with Crippen molar-refractivity contribution in [2.45, 2.75) is 45.4 Å². The van der Waals surface area contributed by atoms with Gasteiger partial charge in [-0.05, 0) is 56.5 Å². The van der Waals surface area contributed by atoms with E-state index >= 15 is 0 Å². The minimum absolute atomic E-state index is 0.0549. The number of hydrogen-bond acceptors (Lipinski definition) is 4. The third kappa shape index (κ3) is 5.28. The highest BCUT2D eigenvalue weighted by Gasteiger charge is 2.25. The van der Waals surface area contributed by atoms with Crippen LogP contribution in [0, 0.1) is 0 Å². The van der Waals surface area contributed by atoms with Crippen LogP contribution in [0.25, 0.3) is 22.0 Å². The molecule has 2 amide bonds. The maximum Gasteiger partial charge on any atom is 0.274 e. The van der Waals surface area contributed by atoms with Gasteiger partial charge in [0.05, 0.1) is 6.10 Å². The SMILES string of the molecule is CC(C)NC(=O)c1ccc(CNC(=O)c2cc3c(-c4ccccc4OC4CC4)cn(C)c(=O)c3[nH]2)cc1. The van der Waals surface area contributed by atoms with E-state index in [1.165, 1.54) is 4.57 Å². The third-order valence-corrected chi connectivity index (χ3v) is 6.29. The Labute approximate surface area is 214 Å². The molecule has 0 radical (unpaired) electrons. The second-order valence-corrected chi connectivity index (χ2v) is 9.75. The maximum atomic E-state index is 13.0. The van der Waals surface area contributed by atoms with Crippen molar-refractivity contribution in [3.8, 4) is 16.9 Å². The number of aromatic amines is 1. The van der Waals surface area contributed by atoms with Crippen LogP contribution in [0.5, 0.6) is 5.75 Å². The standard InChI is InChI=1S/C29H30N4O4/c1-17(2)31-27(34)19-10-8-18(9-11-19)15-30-28(35)24-14-22-23(16-33(3)29(36)26(22)32-24)21-6-4-5-7-25(21)37-20-12-13-20/h4-11,14,16-17,20,32H,12-13,15H2,1-3H3,(H,30,35)(H,31,34). The molecule has 8 heteroatoms. The minimum Gasteiger partial charge on any atom is -0.490 e. The van der Waals surface area contributed by atoms with Crippen LogP contribution in [-0.4, -0.2) is 33.5 Å². The molecule has 0 saturated heterocycles. The van der Waals surface area contributed by atoms with Crippen LogP contribution in [0.3, 0.4) is 0 Å². The average Bonchev–Trinajstić information content (AvgIpc) is 3.58.